The highest BCUT2D eigenvalue weighted by Crippen LogP contribution is 2.44. The molecular formula is C32H39FN2O5S. The Morgan fingerprint density at radius 3 is 2.37 bits per heavy atom. The molecule has 0 saturated heterocycles. The standard InChI is InChI=1S/C32H39FN2O5S/c1-20(2)35(21(3)4)18-25-14-24(12-13-27(25)28-16-31(39-5)34-17-30(28)33)32(36)40-26-9-7-8-23(15-26)29(22-10-11-22)19-41(6,37)38/h7-9,12-17,20-22,29H,10-11,18-19H2,1-6H3. The van der Waals surface area contributed by atoms with Gasteiger partial charge >= 0.3 is 5.97 Å². The minimum absolute atomic E-state index is 0.0679. The molecule has 0 amide bonds. The van der Waals surface area contributed by atoms with Crippen molar-refractivity contribution in [1.82, 2.24) is 9.88 Å². The third-order valence-electron chi connectivity index (χ3n) is 7.52. The third-order valence-corrected chi connectivity index (χ3v) is 8.48. The summed E-state index contributed by atoms with van der Waals surface area (Å²) in [6, 6.07) is 14.2. The Hall–Kier alpha value is -3.30. The minimum Gasteiger partial charge on any atom is -0.481 e. The number of halogens is 1. The summed E-state index contributed by atoms with van der Waals surface area (Å²) in [5.74, 6) is -0.122. The van der Waals surface area contributed by atoms with E-state index in [2.05, 4.69) is 37.6 Å². The Labute approximate surface area is 242 Å². The lowest BCUT2D eigenvalue weighted by atomic mass is 9.96. The molecule has 1 aliphatic rings. The summed E-state index contributed by atoms with van der Waals surface area (Å²) in [4.78, 5) is 19.6. The third kappa shape index (κ3) is 7.92. The lowest BCUT2D eigenvalue weighted by molar-refractivity contribution is 0.0734. The number of pyridine rings is 1. The van der Waals surface area contributed by atoms with Gasteiger partial charge in [0.15, 0.2) is 0 Å². The Morgan fingerprint density at radius 2 is 1.76 bits per heavy atom. The first kappa shape index (κ1) is 30.7. The van der Waals surface area contributed by atoms with Gasteiger partial charge in [-0.25, -0.2) is 22.6 Å². The number of esters is 1. The van der Waals surface area contributed by atoms with Crippen molar-refractivity contribution in [2.45, 2.75) is 65.1 Å². The van der Waals surface area contributed by atoms with Crippen molar-refractivity contribution in [1.29, 1.82) is 0 Å². The van der Waals surface area contributed by atoms with Gasteiger partial charge in [0.1, 0.15) is 21.4 Å². The van der Waals surface area contributed by atoms with Crippen molar-refractivity contribution >= 4 is 15.8 Å². The molecule has 1 fully saturated rings. The first-order valence-corrected chi connectivity index (χ1v) is 16.0. The maximum Gasteiger partial charge on any atom is 0.343 e. The summed E-state index contributed by atoms with van der Waals surface area (Å²) in [7, 11) is -1.69. The van der Waals surface area contributed by atoms with E-state index in [9.17, 15) is 17.6 Å². The van der Waals surface area contributed by atoms with E-state index in [0.29, 0.717) is 40.8 Å². The highest BCUT2D eigenvalue weighted by molar-refractivity contribution is 7.90. The fraction of sp³-hybridized carbons (Fsp3) is 0.438. The van der Waals surface area contributed by atoms with Crippen molar-refractivity contribution in [3.05, 3.63) is 77.2 Å². The molecule has 1 saturated carbocycles. The van der Waals surface area contributed by atoms with Crippen LogP contribution in [0.15, 0.2) is 54.7 Å². The van der Waals surface area contributed by atoms with Gasteiger partial charge in [-0.2, -0.15) is 0 Å². The van der Waals surface area contributed by atoms with Crippen LogP contribution in [-0.4, -0.2) is 55.5 Å². The monoisotopic (exact) mass is 582 g/mol. The Bertz CT molecular complexity index is 1490. The number of methoxy groups -OCH3 is 1. The second-order valence-electron chi connectivity index (χ2n) is 11.4. The van der Waals surface area contributed by atoms with Gasteiger partial charge in [0, 0.05) is 42.4 Å². The van der Waals surface area contributed by atoms with Crippen LogP contribution in [0.1, 0.15) is 67.9 Å². The van der Waals surface area contributed by atoms with Crippen LogP contribution in [0.3, 0.4) is 0 Å². The number of hydrogen-bond donors (Lipinski definition) is 0. The van der Waals surface area contributed by atoms with Crippen molar-refractivity contribution < 1.29 is 27.1 Å². The van der Waals surface area contributed by atoms with Crippen LogP contribution in [0.2, 0.25) is 0 Å². The predicted octanol–water partition coefficient (Wildman–Crippen LogP) is 6.27. The van der Waals surface area contributed by atoms with Crippen LogP contribution in [-0.2, 0) is 16.4 Å². The number of nitrogens with zero attached hydrogens (tertiary/aromatic N) is 2. The van der Waals surface area contributed by atoms with Crippen molar-refractivity contribution in [2.24, 2.45) is 5.92 Å². The van der Waals surface area contributed by atoms with E-state index < -0.39 is 21.6 Å². The molecule has 7 nitrogen and oxygen atoms in total. The van der Waals surface area contributed by atoms with Gasteiger partial charge in [0.05, 0.1) is 24.6 Å². The molecule has 1 unspecified atom stereocenters. The van der Waals surface area contributed by atoms with Crippen molar-refractivity contribution in [2.75, 3.05) is 19.1 Å². The Balaban J connectivity index is 1.67. The van der Waals surface area contributed by atoms with E-state index in [4.69, 9.17) is 9.47 Å². The fourth-order valence-electron chi connectivity index (χ4n) is 5.31. The molecule has 0 N–H and O–H groups in total. The summed E-state index contributed by atoms with van der Waals surface area (Å²) in [6.07, 6.45) is 4.37. The molecule has 3 aromatic rings. The van der Waals surface area contributed by atoms with Crippen LogP contribution < -0.4 is 9.47 Å². The molecule has 1 heterocycles. The number of aromatic nitrogens is 1. The van der Waals surface area contributed by atoms with Crippen LogP contribution in [0.4, 0.5) is 4.39 Å². The molecular weight excluding hydrogens is 543 g/mol. The average molecular weight is 583 g/mol. The smallest absolute Gasteiger partial charge is 0.343 e. The SMILES string of the molecule is COc1cc(-c2ccc(C(=O)Oc3cccc(C(CS(C)(=O)=O)C4CC4)c3)cc2CN(C(C)C)C(C)C)c(F)cn1. The second kappa shape index (κ2) is 12.7. The maximum atomic E-state index is 15.0. The molecule has 4 rings (SSSR count). The van der Waals surface area contributed by atoms with Gasteiger partial charge in [0.2, 0.25) is 5.88 Å². The van der Waals surface area contributed by atoms with Crippen LogP contribution in [0.25, 0.3) is 11.1 Å². The number of rotatable bonds is 12. The summed E-state index contributed by atoms with van der Waals surface area (Å²) in [6.45, 7) is 8.87. The molecule has 220 valence electrons. The predicted molar refractivity (Wildman–Crippen MR) is 159 cm³/mol. The highest BCUT2D eigenvalue weighted by Gasteiger charge is 2.34. The van der Waals surface area contributed by atoms with Gasteiger partial charge in [-0.15, -0.1) is 0 Å². The first-order chi connectivity index (χ1) is 19.4. The van der Waals surface area contributed by atoms with Gasteiger partial charge in [-0.1, -0.05) is 18.2 Å². The summed E-state index contributed by atoms with van der Waals surface area (Å²) >= 11 is 0. The Kier molecular flexibility index (Phi) is 9.49. The zero-order chi connectivity index (χ0) is 29.9. The molecule has 1 aliphatic carbocycles. The molecule has 0 radical (unpaired) electrons. The van der Waals surface area contributed by atoms with Crippen LogP contribution in [0, 0.1) is 11.7 Å². The van der Waals surface area contributed by atoms with E-state index >= 15 is 0 Å². The summed E-state index contributed by atoms with van der Waals surface area (Å²) in [5.41, 5.74) is 2.93. The molecule has 2 aromatic carbocycles. The van der Waals surface area contributed by atoms with Crippen molar-refractivity contribution in [3.63, 3.8) is 0 Å². The average Bonchev–Trinajstić information content (AvgIpc) is 3.75. The molecule has 41 heavy (non-hydrogen) atoms. The lowest BCUT2D eigenvalue weighted by Crippen LogP contribution is -2.36. The number of carbonyl (C=O) groups excluding carboxylic acids is 1. The molecule has 0 spiro atoms. The zero-order valence-corrected chi connectivity index (χ0v) is 25.4. The zero-order valence-electron chi connectivity index (χ0n) is 24.6. The number of ether oxygens (including phenoxy) is 2. The lowest BCUT2D eigenvalue weighted by Gasteiger charge is -2.31. The topological polar surface area (TPSA) is 85.8 Å². The second-order valence-corrected chi connectivity index (χ2v) is 13.6. The normalized spacial score (nSPS) is 14.5. The van der Waals surface area contributed by atoms with E-state index in [1.807, 2.05) is 6.07 Å². The van der Waals surface area contributed by atoms with Gasteiger partial charge < -0.3 is 9.47 Å². The minimum atomic E-state index is -3.17. The van der Waals surface area contributed by atoms with Gasteiger partial charge in [-0.05, 0) is 87.4 Å². The maximum absolute atomic E-state index is 15.0. The molecule has 1 atom stereocenters. The number of carbonyl (C=O) groups is 1. The van der Waals surface area contributed by atoms with E-state index in [1.54, 1.807) is 42.5 Å². The number of hydrogen-bond acceptors (Lipinski definition) is 7. The molecule has 9 heteroatoms. The van der Waals surface area contributed by atoms with E-state index in [1.165, 1.54) is 13.4 Å². The largest absolute Gasteiger partial charge is 0.481 e. The highest BCUT2D eigenvalue weighted by atomic mass is 32.2. The molecule has 0 bridgehead atoms. The van der Waals surface area contributed by atoms with Crippen LogP contribution in [0.5, 0.6) is 11.6 Å². The van der Waals surface area contributed by atoms with E-state index in [-0.39, 0.29) is 23.8 Å². The van der Waals surface area contributed by atoms with Gasteiger partial charge in [-0.3, -0.25) is 4.90 Å². The Morgan fingerprint density at radius 1 is 1.05 bits per heavy atom. The first-order valence-electron chi connectivity index (χ1n) is 13.9. The summed E-state index contributed by atoms with van der Waals surface area (Å²) in [5, 5.41) is 0. The molecule has 1 aromatic heterocycles. The quantitative estimate of drug-likeness (QED) is 0.184. The fourth-order valence-corrected chi connectivity index (χ4v) is 6.43. The number of benzene rings is 2. The van der Waals surface area contributed by atoms with Crippen LogP contribution >= 0.6 is 0 Å². The molecule has 0 aliphatic heterocycles. The van der Waals surface area contributed by atoms with Crippen molar-refractivity contribution in [3.8, 4) is 22.8 Å². The summed E-state index contributed by atoms with van der Waals surface area (Å²) < 4.78 is 50.1. The number of sulfone groups is 1. The van der Waals surface area contributed by atoms with E-state index in [0.717, 1.165) is 30.2 Å². The van der Waals surface area contributed by atoms with Gasteiger partial charge in [0.25, 0.3) is 0 Å².